The van der Waals surface area contributed by atoms with E-state index in [-0.39, 0.29) is 0 Å². The molecule has 1 aliphatic rings. The number of aromatic nitrogens is 3. The first-order chi connectivity index (χ1) is 7.36. The van der Waals surface area contributed by atoms with Crippen molar-refractivity contribution in [3.63, 3.8) is 0 Å². The summed E-state index contributed by atoms with van der Waals surface area (Å²) in [5.41, 5.74) is 1.99. The third-order valence-electron chi connectivity index (χ3n) is 2.56. The summed E-state index contributed by atoms with van der Waals surface area (Å²) in [6.45, 7) is 1.36. The second-order valence-electron chi connectivity index (χ2n) is 3.75. The summed E-state index contributed by atoms with van der Waals surface area (Å²) in [4.78, 5) is 0. The molecule has 0 saturated heterocycles. The molecule has 2 rings (SSSR count). The SMILES string of the molecule is COCCn1nnc(CC#N)c1C1CC1. The standard InChI is InChI=1S/C10H14N4O/c1-15-7-6-14-10(8-2-3-8)9(4-5-11)12-13-14/h8H,2-4,6-7H2,1H3. The highest BCUT2D eigenvalue weighted by atomic mass is 16.5. The topological polar surface area (TPSA) is 63.7 Å². The van der Waals surface area contributed by atoms with Crippen LogP contribution in [0.15, 0.2) is 0 Å². The second-order valence-corrected chi connectivity index (χ2v) is 3.75. The molecule has 0 aromatic carbocycles. The van der Waals surface area contributed by atoms with E-state index < -0.39 is 0 Å². The van der Waals surface area contributed by atoms with E-state index in [1.54, 1.807) is 7.11 Å². The lowest BCUT2D eigenvalue weighted by Crippen LogP contribution is -2.09. The average Bonchev–Trinajstić information content (AvgIpc) is 3.00. The van der Waals surface area contributed by atoms with E-state index in [0.29, 0.717) is 18.9 Å². The average molecular weight is 206 g/mol. The Bertz CT molecular complexity index is 375. The number of nitriles is 1. The summed E-state index contributed by atoms with van der Waals surface area (Å²) >= 11 is 0. The summed E-state index contributed by atoms with van der Waals surface area (Å²) in [6.07, 6.45) is 2.75. The largest absolute Gasteiger partial charge is 0.383 e. The minimum Gasteiger partial charge on any atom is -0.383 e. The van der Waals surface area contributed by atoms with Crippen LogP contribution in [0.5, 0.6) is 0 Å². The molecule has 1 saturated carbocycles. The van der Waals surface area contributed by atoms with Crippen LogP contribution in [0.4, 0.5) is 0 Å². The number of nitrogens with zero attached hydrogens (tertiary/aromatic N) is 4. The van der Waals surface area contributed by atoms with Gasteiger partial charge in [-0.25, -0.2) is 4.68 Å². The Morgan fingerprint density at radius 1 is 1.60 bits per heavy atom. The van der Waals surface area contributed by atoms with Gasteiger partial charge in [0.05, 0.1) is 31.3 Å². The van der Waals surface area contributed by atoms with Gasteiger partial charge in [-0.05, 0) is 12.8 Å². The number of hydrogen-bond acceptors (Lipinski definition) is 4. The molecule has 5 nitrogen and oxygen atoms in total. The van der Waals surface area contributed by atoms with E-state index in [1.807, 2.05) is 4.68 Å². The van der Waals surface area contributed by atoms with Gasteiger partial charge in [0.15, 0.2) is 0 Å². The second kappa shape index (κ2) is 4.41. The highest BCUT2D eigenvalue weighted by Gasteiger charge is 2.30. The molecule has 0 unspecified atom stereocenters. The molecule has 0 radical (unpaired) electrons. The Labute approximate surface area is 88.6 Å². The molecule has 5 heteroatoms. The van der Waals surface area contributed by atoms with Crippen LogP contribution in [0, 0.1) is 11.3 Å². The number of ether oxygens (including phenoxy) is 1. The minimum atomic E-state index is 0.360. The van der Waals surface area contributed by atoms with Crippen molar-refractivity contribution in [1.82, 2.24) is 15.0 Å². The van der Waals surface area contributed by atoms with Crippen LogP contribution < -0.4 is 0 Å². The molecule has 0 aliphatic heterocycles. The molecule has 0 amide bonds. The van der Waals surface area contributed by atoms with Crippen LogP contribution in [-0.4, -0.2) is 28.7 Å². The normalized spacial score (nSPS) is 15.2. The Morgan fingerprint density at radius 2 is 2.40 bits per heavy atom. The van der Waals surface area contributed by atoms with Gasteiger partial charge in [-0.1, -0.05) is 5.21 Å². The van der Waals surface area contributed by atoms with Crippen LogP contribution >= 0.6 is 0 Å². The summed E-state index contributed by atoms with van der Waals surface area (Å²) in [5.74, 6) is 0.570. The predicted octanol–water partition coefficient (Wildman–Crippen LogP) is 0.868. The predicted molar refractivity (Wildman–Crippen MR) is 53.2 cm³/mol. The van der Waals surface area contributed by atoms with Crippen LogP contribution in [0.2, 0.25) is 0 Å². The quantitative estimate of drug-likeness (QED) is 0.717. The maximum absolute atomic E-state index is 8.68. The van der Waals surface area contributed by atoms with Crippen molar-refractivity contribution in [2.24, 2.45) is 0 Å². The fourth-order valence-electron chi connectivity index (χ4n) is 1.70. The molecule has 0 atom stereocenters. The fraction of sp³-hybridized carbons (Fsp3) is 0.700. The lowest BCUT2D eigenvalue weighted by molar-refractivity contribution is 0.182. The van der Waals surface area contributed by atoms with E-state index >= 15 is 0 Å². The maximum Gasteiger partial charge on any atom is 0.100 e. The lowest BCUT2D eigenvalue weighted by Gasteiger charge is -2.04. The monoisotopic (exact) mass is 206 g/mol. The van der Waals surface area contributed by atoms with Gasteiger partial charge in [-0.3, -0.25) is 0 Å². The Hall–Kier alpha value is -1.41. The zero-order chi connectivity index (χ0) is 10.7. The number of methoxy groups -OCH3 is 1. The molecule has 1 aliphatic carbocycles. The van der Waals surface area contributed by atoms with Gasteiger partial charge in [0.25, 0.3) is 0 Å². The van der Waals surface area contributed by atoms with E-state index in [1.165, 1.54) is 12.8 Å². The first-order valence-corrected chi connectivity index (χ1v) is 5.15. The van der Waals surface area contributed by atoms with Crippen LogP contribution in [0.3, 0.4) is 0 Å². The molecule has 1 aromatic heterocycles. The van der Waals surface area contributed by atoms with Gasteiger partial charge in [0, 0.05) is 13.0 Å². The Morgan fingerprint density at radius 3 is 3.00 bits per heavy atom. The van der Waals surface area contributed by atoms with Gasteiger partial charge in [-0.2, -0.15) is 5.26 Å². The molecule has 0 spiro atoms. The zero-order valence-corrected chi connectivity index (χ0v) is 8.81. The number of hydrogen-bond donors (Lipinski definition) is 0. The third kappa shape index (κ3) is 2.16. The highest BCUT2D eigenvalue weighted by Crippen LogP contribution is 2.41. The minimum absolute atomic E-state index is 0.360. The summed E-state index contributed by atoms with van der Waals surface area (Å²) < 4.78 is 6.90. The summed E-state index contributed by atoms with van der Waals surface area (Å²) in [7, 11) is 1.67. The van der Waals surface area contributed by atoms with Crippen molar-refractivity contribution in [3.8, 4) is 6.07 Å². The van der Waals surface area contributed by atoms with E-state index in [2.05, 4.69) is 16.4 Å². The molecule has 0 N–H and O–H groups in total. The zero-order valence-electron chi connectivity index (χ0n) is 8.81. The Kier molecular flexibility index (Phi) is 2.97. The molecular weight excluding hydrogens is 192 g/mol. The lowest BCUT2D eigenvalue weighted by atomic mass is 10.2. The Balaban J connectivity index is 2.18. The van der Waals surface area contributed by atoms with Crippen LogP contribution in [-0.2, 0) is 17.7 Å². The van der Waals surface area contributed by atoms with E-state index in [0.717, 1.165) is 17.9 Å². The van der Waals surface area contributed by atoms with Gasteiger partial charge < -0.3 is 4.74 Å². The molecule has 1 aromatic rings. The third-order valence-corrected chi connectivity index (χ3v) is 2.56. The molecule has 80 valence electrons. The smallest absolute Gasteiger partial charge is 0.100 e. The molecule has 1 heterocycles. The van der Waals surface area contributed by atoms with Crippen molar-refractivity contribution in [2.45, 2.75) is 31.7 Å². The van der Waals surface area contributed by atoms with Crippen molar-refractivity contribution < 1.29 is 4.74 Å². The van der Waals surface area contributed by atoms with Gasteiger partial charge in [-0.15, -0.1) is 5.10 Å². The van der Waals surface area contributed by atoms with Crippen molar-refractivity contribution in [1.29, 1.82) is 5.26 Å². The van der Waals surface area contributed by atoms with Gasteiger partial charge >= 0.3 is 0 Å². The molecular formula is C10H14N4O. The molecule has 0 bridgehead atoms. The highest BCUT2D eigenvalue weighted by molar-refractivity contribution is 5.22. The van der Waals surface area contributed by atoms with Crippen LogP contribution in [0.25, 0.3) is 0 Å². The van der Waals surface area contributed by atoms with E-state index in [4.69, 9.17) is 10.00 Å². The van der Waals surface area contributed by atoms with Crippen molar-refractivity contribution in [2.75, 3.05) is 13.7 Å². The first-order valence-electron chi connectivity index (χ1n) is 5.15. The van der Waals surface area contributed by atoms with Crippen molar-refractivity contribution >= 4 is 0 Å². The fourth-order valence-corrected chi connectivity index (χ4v) is 1.70. The molecule has 1 fully saturated rings. The van der Waals surface area contributed by atoms with E-state index in [9.17, 15) is 0 Å². The van der Waals surface area contributed by atoms with Crippen molar-refractivity contribution in [3.05, 3.63) is 11.4 Å². The summed E-state index contributed by atoms with van der Waals surface area (Å²) in [6, 6.07) is 2.13. The van der Waals surface area contributed by atoms with Crippen LogP contribution in [0.1, 0.15) is 30.1 Å². The summed E-state index contributed by atoms with van der Waals surface area (Å²) in [5, 5.41) is 16.8. The van der Waals surface area contributed by atoms with Gasteiger partial charge in [0.1, 0.15) is 5.69 Å². The number of rotatable bonds is 5. The van der Waals surface area contributed by atoms with Gasteiger partial charge in [0.2, 0.25) is 0 Å². The first kappa shape index (κ1) is 10.1. The molecule has 15 heavy (non-hydrogen) atoms. The maximum atomic E-state index is 8.68.